The number of carboxylic acid groups (broad SMARTS) is 1. The molecule has 0 spiro atoms. The molecule has 3 aromatic rings. The first-order chi connectivity index (χ1) is 18.7. The molecule has 1 saturated heterocycles. The second-order valence-electron chi connectivity index (χ2n) is 8.65. The highest BCUT2D eigenvalue weighted by molar-refractivity contribution is 8.00. The number of aliphatic carboxylic acids is 1. The highest BCUT2D eigenvalue weighted by Gasteiger charge is 2.54. The van der Waals surface area contributed by atoms with Crippen LogP contribution in [0.5, 0.6) is 0 Å². The Bertz CT molecular complexity index is 1530. The van der Waals surface area contributed by atoms with Crippen LogP contribution in [-0.2, 0) is 32.8 Å². The van der Waals surface area contributed by atoms with Crippen molar-refractivity contribution in [1.82, 2.24) is 25.0 Å². The van der Waals surface area contributed by atoms with Gasteiger partial charge in [0.2, 0.25) is 0 Å². The molecule has 0 bridgehead atoms. The molecule has 39 heavy (non-hydrogen) atoms. The number of thiazole rings is 1. The van der Waals surface area contributed by atoms with Crippen molar-refractivity contribution >= 4 is 57.5 Å². The van der Waals surface area contributed by atoms with Gasteiger partial charge in [0.05, 0.1) is 5.56 Å². The molecular formula is C23H24N9O5S2+. The predicted octanol–water partition coefficient (Wildman–Crippen LogP) is -0.215. The molecular weight excluding hydrogens is 546 g/mol. The summed E-state index contributed by atoms with van der Waals surface area (Å²) in [5.74, 6) is -1.58. The summed E-state index contributed by atoms with van der Waals surface area (Å²) in [5, 5.41) is 22.0. The number of hydrogen-bond donors (Lipinski definition) is 4. The maximum Gasteiger partial charge on any atom is 0.352 e. The van der Waals surface area contributed by atoms with E-state index in [1.165, 1.54) is 23.8 Å². The van der Waals surface area contributed by atoms with Gasteiger partial charge < -0.3 is 26.7 Å². The minimum Gasteiger partial charge on any atom is -0.477 e. The number of aromatic nitrogens is 4. The van der Waals surface area contributed by atoms with Crippen molar-refractivity contribution in [2.75, 3.05) is 24.3 Å². The number of anilines is 2. The van der Waals surface area contributed by atoms with Crippen molar-refractivity contribution in [1.29, 1.82) is 0 Å². The predicted molar refractivity (Wildman–Crippen MR) is 143 cm³/mol. The van der Waals surface area contributed by atoms with Gasteiger partial charge in [0.15, 0.2) is 29.8 Å². The van der Waals surface area contributed by atoms with E-state index in [1.54, 1.807) is 23.2 Å². The van der Waals surface area contributed by atoms with Crippen LogP contribution in [0.2, 0.25) is 0 Å². The van der Waals surface area contributed by atoms with Crippen LogP contribution in [0.1, 0.15) is 5.69 Å². The Hall–Kier alpha value is -4.44. The Balaban J connectivity index is 1.35. The molecule has 5 heterocycles. The van der Waals surface area contributed by atoms with E-state index < -0.39 is 29.2 Å². The standard InChI is InChI=1S/C23H23N9O5S2/c1-30-15(24)6-13(28-30)11-4-3-5-31(7-11)8-12-9-38-21-17(20(34)32(21)18(12)22(35)36)27-19(33)16(29-37-2)14-10-39-23(25)26-14/h3-7,10,17,21H,8-9H2,1-2H3,(H5-,24,25,26,27,28,33,35,36)/p+1/b29-16-/t17-,21-/m1/s1. The Kier molecular flexibility index (Phi) is 6.96. The van der Waals surface area contributed by atoms with Crippen LogP contribution in [0.4, 0.5) is 10.9 Å². The summed E-state index contributed by atoms with van der Waals surface area (Å²) in [4.78, 5) is 48.4. The average molecular weight is 571 g/mol. The highest BCUT2D eigenvalue weighted by Crippen LogP contribution is 2.40. The molecule has 202 valence electrons. The van der Waals surface area contributed by atoms with Crippen LogP contribution in [-0.4, -0.2) is 72.5 Å². The number of nitrogen functional groups attached to an aromatic ring is 2. The molecule has 0 aromatic carbocycles. The highest BCUT2D eigenvalue weighted by atomic mass is 32.2. The van der Waals surface area contributed by atoms with E-state index in [1.807, 2.05) is 29.1 Å². The normalized spacial score (nSPS) is 19.0. The van der Waals surface area contributed by atoms with Crippen molar-refractivity contribution in [2.45, 2.75) is 18.0 Å². The number of aryl methyl sites for hydroxylation is 1. The largest absolute Gasteiger partial charge is 0.477 e. The summed E-state index contributed by atoms with van der Waals surface area (Å²) in [6, 6.07) is 4.52. The monoisotopic (exact) mass is 570 g/mol. The summed E-state index contributed by atoms with van der Waals surface area (Å²) < 4.78 is 3.40. The topological polar surface area (TPSA) is 195 Å². The molecule has 14 nitrogen and oxygen atoms in total. The lowest BCUT2D eigenvalue weighted by atomic mass is 10.0. The molecule has 2 aliphatic rings. The van der Waals surface area contributed by atoms with Crippen molar-refractivity contribution in [3.05, 3.63) is 52.9 Å². The average Bonchev–Trinajstić information content (AvgIpc) is 3.49. The Morgan fingerprint density at radius 2 is 2.18 bits per heavy atom. The van der Waals surface area contributed by atoms with Gasteiger partial charge in [-0.05, 0) is 6.07 Å². The number of carbonyl (C=O) groups excluding carboxylic acids is 2. The van der Waals surface area contributed by atoms with Crippen LogP contribution < -0.4 is 21.4 Å². The van der Waals surface area contributed by atoms with Crippen molar-refractivity contribution < 1.29 is 28.9 Å². The van der Waals surface area contributed by atoms with Gasteiger partial charge in [0.1, 0.15) is 41.4 Å². The summed E-state index contributed by atoms with van der Waals surface area (Å²) in [5.41, 5.74) is 13.6. The van der Waals surface area contributed by atoms with Gasteiger partial charge >= 0.3 is 5.97 Å². The van der Waals surface area contributed by atoms with E-state index in [9.17, 15) is 19.5 Å². The molecule has 0 aliphatic carbocycles. The van der Waals surface area contributed by atoms with E-state index in [2.05, 4.69) is 20.6 Å². The van der Waals surface area contributed by atoms with E-state index in [0.717, 1.165) is 16.9 Å². The Labute approximate surface area is 229 Å². The molecule has 6 N–H and O–H groups in total. The maximum atomic E-state index is 13.1. The number of nitrogens with two attached hydrogens (primary N) is 2. The fraction of sp³-hybridized carbons (Fsp3) is 0.261. The Morgan fingerprint density at radius 1 is 1.38 bits per heavy atom. The summed E-state index contributed by atoms with van der Waals surface area (Å²) in [7, 11) is 3.02. The molecule has 2 amide bonds. The number of carbonyl (C=O) groups is 3. The van der Waals surface area contributed by atoms with Gasteiger partial charge in [-0.3, -0.25) is 19.2 Å². The lowest BCUT2D eigenvalue weighted by Gasteiger charge is -2.49. The van der Waals surface area contributed by atoms with Crippen LogP contribution >= 0.6 is 23.1 Å². The minimum absolute atomic E-state index is 0.0905. The second kappa shape index (κ2) is 10.4. The van der Waals surface area contributed by atoms with Crippen molar-refractivity contribution in [3.63, 3.8) is 0 Å². The fourth-order valence-electron chi connectivity index (χ4n) is 4.32. The number of rotatable bonds is 8. The van der Waals surface area contributed by atoms with E-state index >= 15 is 0 Å². The number of fused-ring (bicyclic) bond motifs is 1. The number of amides is 2. The SMILES string of the molecule is CO/N=C(\C(=O)N[C@@H]1C(=O)N2C(C(=O)O)=C(C[n+]3cccc(-c4cc(N)n(C)n4)c3)CS[C@H]12)c1csc(N)n1. The molecule has 2 atom stereocenters. The quantitative estimate of drug-likeness (QED) is 0.122. The van der Waals surface area contributed by atoms with Crippen LogP contribution in [0, 0.1) is 0 Å². The Morgan fingerprint density at radius 3 is 2.82 bits per heavy atom. The first-order valence-electron chi connectivity index (χ1n) is 11.5. The molecule has 2 aliphatic heterocycles. The third-order valence-corrected chi connectivity index (χ3v) is 8.16. The first kappa shape index (κ1) is 26.2. The van der Waals surface area contributed by atoms with Crippen molar-refractivity contribution in [2.24, 2.45) is 12.2 Å². The molecule has 0 unspecified atom stereocenters. The first-order valence-corrected chi connectivity index (χ1v) is 13.4. The zero-order valence-electron chi connectivity index (χ0n) is 20.8. The maximum absolute atomic E-state index is 13.1. The molecule has 5 rings (SSSR count). The number of hydrogen-bond acceptors (Lipinski definition) is 11. The minimum atomic E-state index is -1.22. The number of pyridine rings is 1. The fourth-order valence-corrected chi connectivity index (χ4v) is 6.20. The summed E-state index contributed by atoms with van der Waals surface area (Å²) >= 11 is 2.49. The lowest BCUT2D eigenvalue weighted by Crippen LogP contribution is -2.71. The van der Waals surface area contributed by atoms with Gasteiger partial charge in [-0.25, -0.2) is 14.3 Å². The van der Waals surface area contributed by atoms with Crippen LogP contribution in [0.25, 0.3) is 11.3 Å². The second-order valence-corrected chi connectivity index (χ2v) is 10.6. The number of carboxylic acids is 1. The van der Waals surface area contributed by atoms with Gasteiger partial charge in [0, 0.05) is 35.9 Å². The summed E-state index contributed by atoms with van der Waals surface area (Å²) in [6.45, 7) is 0.244. The molecule has 16 heteroatoms. The molecule has 1 fully saturated rings. The van der Waals surface area contributed by atoms with Gasteiger partial charge in [0.25, 0.3) is 11.8 Å². The van der Waals surface area contributed by atoms with Gasteiger partial charge in [-0.1, -0.05) is 5.16 Å². The number of thioether (sulfide) groups is 1. The van der Waals surface area contributed by atoms with E-state index in [-0.39, 0.29) is 28.8 Å². The zero-order chi connectivity index (χ0) is 27.8. The van der Waals surface area contributed by atoms with Crippen LogP contribution in [0.15, 0.2) is 52.4 Å². The molecule has 0 saturated carbocycles. The third-order valence-electron chi connectivity index (χ3n) is 6.14. The van der Waals surface area contributed by atoms with Gasteiger partial charge in [-0.15, -0.1) is 23.1 Å². The number of nitrogens with one attached hydrogen (secondary N) is 1. The van der Waals surface area contributed by atoms with Gasteiger partial charge in [-0.2, -0.15) is 5.10 Å². The number of β-lactam (4-membered cyclic amide) rings is 1. The summed E-state index contributed by atoms with van der Waals surface area (Å²) in [6.07, 6.45) is 3.65. The molecule has 0 radical (unpaired) electrons. The van der Waals surface area contributed by atoms with Crippen molar-refractivity contribution in [3.8, 4) is 11.3 Å². The van der Waals surface area contributed by atoms with E-state index in [0.29, 0.717) is 22.8 Å². The third kappa shape index (κ3) is 4.90. The zero-order valence-corrected chi connectivity index (χ0v) is 22.4. The van der Waals surface area contributed by atoms with Crippen LogP contribution in [0.3, 0.4) is 0 Å². The van der Waals surface area contributed by atoms with E-state index in [4.69, 9.17) is 16.3 Å². The molecule has 3 aromatic heterocycles. The smallest absolute Gasteiger partial charge is 0.352 e. The lowest BCUT2D eigenvalue weighted by molar-refractivity contribution is -0.688. The number of oxime groups is 1. The number of nitrogens with zero attached hydrogens (tertiary/aromatic N) is 6.